The van der Waals surface area contributed by atoms with Crippen LogP contribution in [0.4, 0.5) is 20.2 Å². The summed E-state index contributed by atoms with van der Waals surface area (Å²) in [6, 6.07) is 10.9. The van der Waals surface area contributed by atoms with Crippen molar-refractivity contribution in [2.75, 3.05) is 23.4 Å². The molecule has 110 valence electrons. The van der Waals surface area contributed by atoms with Crippen LogP contribution >= 0.6 is 11.8 Å². The molecular formula is C15H14F2N2OS. The summed E-state index contributed by atoms with van der Waals surface area (Å²) in [7, 11) is 0. The predicted molar refractivity (Wildman–Crippen MR) is 81.7 cm³/mol. The van der Waals surface area contributed by atoms with Gasteiger partial charge in [0.05, 0.1) is 6.54 Å². The molecule has 0 aliphatic carbocycles. The van der Waals surface area contributed by atoms with Gasteiger partial charge in [-0.15, -0.1) is 11.8 Å². The number of benzene rings is 2. The van der Waals surface area contributed by atoms with Crippen LogP contribution in [0.15, 0.2) is 47.4 Å². The highest BCUT2D eigenvalue weighted by Crippen LogP contribution is 2.24. The minimum Gasteiger partial charge on any atom is -0.375 e. The Labute approximate surface area is 125 Å². The Kier molecular flexibility index (Phi) is 5.16. The SMILES string of the molecule is CSc1ccccc1NCC(=O)Nc1c(F)cccc1F. The lowest BCUT2D eigenvalue weighted by Gasteiger charge is -2.11. The molecule has 3 nitrogen and oxygen atoms in total. The zero-order chi connectivity index (χ0) is 15.2. The van der Waals surface area contributed by atoms with Crippen LogP contribution in [-0.2, 0) is 4.79 Å². The summed E-state index contributed by atoms with van der Waals surface area (Å²) in [6.07, 6.45) is 1.93. The molecule has 2 rings (SSSR count). The molecule has 21 heavy (non-hydrogen) atoms. The molecule has 0 aromatic heterocycles. The van der Waals surface area contributed by atoms with Crippen LogP contribution in [-0.4, -0.2) is 18.7 Å². The maximum Gasteiger partial charge on any atom is 0.243 e. The van der Waals surface area contributed by atoms with Gasteiger partial charge in [0.25, 0.3) is 0 Å². The van der Waals surface area contributed by atoms with Crippen LogP contribution in [0.1, 0.15) is 0 Å². The van der Waals surface area contributed by atoms with E-state index in [-0.39, 0.29) is 6.54 Å². The highest BCUT2D eigenvalue weighted by atomic mass is 32.2. The van der Waals surface area contributed by atoms with E-state index in [9.17, 15) is 13.6 Å². The minimum absolute atomic E-state index is 0.0780. The second-order valence-electron chi connectivity index (χ2n) is 4.20. The number of amides is 1. The fourth-order valence-corrected chi connectivity index (χ4v) is 2.34. The first-order valence-corrected chi connectivity index (χ1v) is 7.45. The van der Waals surface area contributed by atoms with Crippen molar-refractivity contribution in [2.24, 2.45) is 0 Å². The average molecular weight is 308 g/mol. The Bertz CT molecular complexity index is 629. The maximum absolute atomic E-state index is 13.4. The van der Waals surface area contributed by atoms with Crippen molar-refractivity contribution in [3.05, 3.63) is 54.1 Å². The number of anilines is 2. The van der Waals surface area contributed by atoms with Crippen LogP contribution in [0, 0.1) is 11.6 Å². The van der Waals surface area contributed by atoms with Crippen LogP contribution in [0.3, 0.4) is 0 Å². The molecular weight excluding hydrogens is 294 g/mol. The normalized spacial score (nSPS) is 10.2. The van der Waals surface area contributed by atoms with E-state index in [2.05, 4.69) is 10.6 Å². The number of rotatable bonds is 5. The number of carbonyl (C=O) groups excluding carboxylic acids is 1. The fourth-order valence-electron chi connectivity index (χ4n) is 1.77. The van der Waals surface area contributed by atoms with Crippen LogP contribution in [0.5, 0.6) is 0 Å². The van der Waals surface area contributed by atoms with Crippen molar-refractivity contribution >= 4 is 29.0 Å². The summed E-state index contributed by atoms with van der Waals surface area (Å²) >= 11 is 1.54. The number of nitrogens with one attached hydrogen (secondary N) is 2. The van der Waals surface area contributed by atoms with Crippen molar-refractivity contribution in [1.29, 1.82) is 0 Å². The van der Waals surface area contributed by atoms with Crippen molar-refractivity contribution < 1.29 is 13.6 Å². The number of thioether (sulfide) groups is 1. The highest BCUT2D eigenvalue weighted by Gasteiger charge is 2.12. The lowest BCUT2D eigenvalue weighted by molar-refractivity contribution is -0.114. The molecule has 2 aromatic rings. The van der Waals surface area contributed by atoms with Gasteiger partial charge in [-0.1, -0.05) is 18.2 Å². The Hall–Kier alpha value is -2.08. The van der Waals surface area contributed by atoms with Gasteiger partial charge in [-0.3, -0.25) is 4.79 Å². The van der Waals surface area contributed by atoms with Crippen molar-refractivity contribution in [2.45, 2.75) is 4.90 Å². The smallest absolute Gasteiger partial charge is 0.243 e. The zero-order valence-electron chi connectivity index (χ0n) is 11.3. The van der Waals surface area contributed by atoms with Gasteiger partial charge in [-0.25, -0.2) is 8.78 Å². The van der Waals surface area contributed by atoms with Crippen LogP contribution in [0.2, 0.25) is 0 Å². The zero-order valence-corrected chi connectivity index (χ0v) is 12.1. The second kappa shape index (κ2) is 7.08. The molecule has 1 amide bonds. The van der Waals surface area contributed by atoms with Crippen LogP contribution < -0.4 is 10.6 Å². The summed E-state index contributed by atoms with van der Waals surface area (Å²) in [6.45, 7) is -0.0780. The molecule has 0 spiro atoms. The van der Waals surface area contributed by atoms with Gasteiger partial charge in [0.1, 0.15) is 17.3 Å². The van der Waals surface area contributed by atoms with E-state index in [1.54, 1.807) is 11.8 Å². The van der Waals surface area contributed by atoms with Crippen molar-refractivity contribution in [3.63, 3.8) is 0 Å². The Morgan fingerprint density at radius 1 is 1.10 bits per heavy atom. The first kappa shape index (κ1) is 15.3. The first-order chi connectivity index (χ1) is 10.1. The molecule has 0 radical (unpaired) electrons. The number of hydrogen-bond donors (Lipinski definition) is 2. The molecule has 0 fully saturated rings. The van der Waals surface area contributed by atoms with E-state index >= 15 is 0 Å². The Morgan fingerprint density at radius 3 is 2.43 bits per heavy atom. The number of para-hydroxylation sites is 2. The van der Waals surface area contributed by atoms with E-state index in [0.717, 1.165) is 22.7 Å². The minimum atomic E-state index is -0.798. The molecule has 6 heteroatoms. The Morgan fingerprint density at radius 2 is 1.76 bits per heavy atom. The van der Waals surface area contributed by atoms with E-state index < -0.39 is 23.2 Å². The molecule has 0 atom stereocenters. The summed E-state index contributed by atoms with van der Waals surface area (Å²) in [5, 5.41) is 5.17. The van der Waals surface area contributed by atoms with Crippen molar-refractivity contribution in [1.82, 2.24) is 0 Å². The van der Waals surface area contributed by atoms with E-state index in [1.165, 1.54) is 6.07 Å². The molecule has 0 saturated heterocycles. The van der Waals surface area contributed by atoms with Crippen molar-refractivity contribution in [3.8, 4) is 0 Å². The van der Waals surface area contributed by atoms with Gasteiger partial charge in [0, 0.05) is 10.6 Å². The molecule has 0 unspecified atom stereocenters. The third kappa shape index (κ3) is 3.95. The number of halogens is 2. The molecule has 0 heterocycles. The Balaban J connectivity index is 1.99. The van der Waals surface area contributed by atoms with Gasteiger partial charge >= 0.3 is 0 Å². The van der Waals surface area contributed by atoms with E-state index in [4.69, 9.17) is 0 Å². The number of hydrogen-bond acceptors (Lipinski definition) is 3. The molecule has 0 aliphatic rings. The largest absolute Gasteiger partial charge is 0.375 e. The standard InChI is InChI=1S/C15H14F2N2OS/c1-21-13-8-3-2-7-12(13)18-9-14(20)19-15-10(16)5-4-6-11(15)17/h2-8,18H,9H2,1H3,(H,19,20). The van der Waals surface area contributed by atoms with E-state index in [0.29, 0.717) is 0 Å². The molecule has 2 aromatic carbocycles. The predicted octanol–water partition coefficient (Wildman–Crippen LogP) is 3.74. The fraction of sp³-hybridized carbons (Fsp3) is 0.133. The number of carbonyl (C=O) groups is 1. The van der Waals surface area contributed by atoms with Gasteiger partial charge in [-0.05, 0) is 30.5 Å². The maximum atomic E-state index is 13.4. The van der Waals surface area contributed by atoms with Gasteiger partial charge in [-0.2, -0.15) is 0 Å². The summed E-state index contributed by atoms with van der Waals surface area (Å²) in [5.41, 5.74) is 0.372. The lowest BCUT2D eigenvalue weighted by Crippen LogP contribution is -2.23. The highest BCUT2D eigenvalue weighted by molar-refractivity contribution is 7.98. The van der Waals surface area contributed by atoms with Crippen LogP contribution in [0.25, 0.3) is 0 Å². The first-order valence-electron chi connectivity index (χ1n) is 6.22. The quantitative estimate of drug-likeness (QED) is 0.827. The molecule has 0 aliphatic heterocycles. The molecule has 0 saturated carbocycles. The third-order valence-corrected chi connectivity index (χ3v) is 3.57. The summed E-state index contributed by atoms with van der Waals surface area (Å²) in [5.74, 6) is -2.12. The summed E-state index contributed by atoms with van der Waals surface area (Å²) in [4.78, 5) is 12.8. The molecule has 2 N–H and O–H groups in total. The summed E-state index contributed by atoms with van der Waals surface area (Å²) < 4.78 is 26.8. The lowest BCUT2D eigenvalue weighted by atomic mass is 10.3. The average Bonchev–Trinajstić information content (AvgIpc) is 2.49. The third-order valence-electron chi connectivity index (χ3n) is 2.77. The van der Waals surface area contributed by atoms with Gasteiger partial charge < -0.3 is 10.6 Å². The van der Waals surface area contributed by atoms with E-state index in [1.807, 2.05) is 30.5 Å². The van der Waals surface area contributed by atoms with Gasteiger partial charge in [0.2, 0.25) is 5.91 Å². The second-order valence-corrected chi connectivity index (χ2v) is 5.05. The van der Waals surface area contributed by atoms with Gasteiger partial charge in [0.15, 0.2) is 0 Å². The monoisotopic (exact) mass is 308 g/mol. The molecule has 0 bridgehead atoms. The topological polar surface area (TPSA) is 41.1 Å².